The summed E-state index contributed by atoms with van der Waals surface area (Å²) >= 11 is 3.46. The van der Waals surface area contributed by atoms with E-state index >= 15 is 0 Å². The molecule has 2 aromatic carbocycles. The van der Waals surface area contributed by atoms with Crippen LogP contribution in [0.4, 0.5) is 4.39 Å². The Kier molecular flexibility index (Phi) is 5.78. The second kappa shape index (κ2) is 7.80. The van der Waals surface area contributed by atoms with Crippen molar-refractivity contribution in [2.75, 3.05) is 13.7 Å². The van der Waals surface area contributed by atoms with E-state index in [1.54, 1.807) is 37.5 Å². The van der Waals surface area contributed by atoms with Crippen LogP contribution in [-0.4, -0.2) is 13.7 Å². The Morgan fingerprint density at radius 3 is 2.70 bits per heavy atom. The van der Waals surface area contributed by atoms with Crippen LogP contribution in [0.5, 0.6) is 11.5 Å². The lowest BCUT2D eigenvalue weighted by Gasteiger charge is -2.11. The topological polar surface area (TPSA) is 42.2 Å². The van der Waals surface area contributed by atoms with E-state index in [-0.39, 0.29) is 5.82 Å². The molecule has 3 nitrogen and oxygen atoms in total. The molecule has 0 atom stereocenters. The molecule has 0 bridgehead atoms. The molecule has 0 radical (unpaired) electrons. The minimum absolute atomic E-state index is 0.358. The van der Waals surface area contributed by atoms with Crippen molar-refractivity contribution in [3.8, 4) is 17.6 Å². The van der Waals surface area contributed by atoms with Gasteiger partial charge in [-0.2, -0.15) is 5.26 Å². The van der Waals surface area contributed by atoms with E-state index in [1.807, 2.05) is 6.92 Å². The summed E-state index contributed by atoms with van der Waals surface area (Å²) in [5.74, 6) is 0.799. The molecule has 23 heavy (non-hydrogen) atoms. The normalized spacial score (nSPS) is 11.0. The molecule has 2 aromatic rings. The molecule has 0 fully saturated rings. The third-order valence-electron chi connectivity index (χ3n) is 3.14. The highest BCUT2D eigenvalue weighted by Gasteiger charge is 2.10. The number of allylic oxidation sites excluding steroid dienone is 1. The molecule has 0 saturated carbocycles. The highest BCUT2D eigenvalue weighted by molar-refractivity contribution is 9.10. The van der Waals surface area contributed by atoms with Gasteiger partial charge in [0.1, 0.15) is 5.82 Å². The van der Waals surface area contributed by atoms with Gasteiger partial charge in [-0.1, -0.05) is 28.1 Å². The first-order valence-corrected chi connectivity index (χ1v) is 7.76. The van der Waals surface area contributed by atoms with E-state index in [0.29, 0.717) is 29.2 Å². The Bertz CT molecular complexity index is 781. The summed E-state index contributed by atoms with van der Waals surface area (Å²) in [6.45, 7) is 2.41. The van der Waals surface area contributed by atoms with Gasteiger partial charge in [-0.15, -0.1) is 0 Å². The standard InChI is InChI=1S/C18H15BrFNO2/c1-3-23-18-10-16(19)13(9-17(18)22-2)7-14(11-21)12-5-4-6-15(20)8-12/h4-10H,3H2,1-2H3/b14-7-. The number of methoxy groups -OCH3 is 1. The van der Waals surface area contributed by atoms with Crippen molar-refractivity contribution in [3.05, 3.63) is 57.8 Å². The molecule has 0 amide bonds. The average Bonchev–Trinajstić information content (AvgIpc) is 2.54. The second-order valence-electron chi connectivity index (χ2n) is 4.64. The molecule has 0 N–H and O–H groups in total. The molecule has 0 aliphatic rings. The largest absolute Gasteiger partial charge is 0.493 e. The quantitative estimate of drug-likeness (QED) is 0.541. The molecule has 118 valence electrons. The summed E-state index contributed by atoms with van der Waals surface area (Å²) in [6, 6.07) is 11.6. The molecule has 0 heterocycles. The summed E-state index contributed by atoms with van der Waals surface area (Å²) in [5.41, 5.74) is 1.62. The molecule has 0 spiro atoms. The van der Waals surface area contributed by atoms with E-state index in [4.69, 9.17) is 9.47 Å². The lowest BCUT2D eigenvalue weighted by atomic mass is 10.0. The van der Waals surface area contributed by atoms with E-state index in [9.17, 15) is 9.65 Å². The van der Waals surface area contributed by atoms with Crippen molar-refractivity contribution in [1.82, 2.24) is 0 Å². The van der Waals surface area contributed by atoms with Crippen molar-refractivity contribution in [3.63, 3.8) is 0 Å². The van der Waals surface area contributed by atoms with Crippen molar-refractivity contribution < 1.29 is 13.9 Å². The van der Waals surface area contributed by atoms with Crippen molar-refractivity contribution in [2.24, 2.45) is 0 Å². The highest BCUT2D eigenvalue weighted by atomic mass is 79.9. The Hall–Kier alpha value is -2.32. The number of hydrogen-bond acceptors (Lipinski definition) is 3. The fourth-order valence-electron chi connectivity index (χ4n) is 2.08. The monoisotopic (exact) mass is 375 g/mol. The minimum atomic E-state index is -0.382. The van der Waals surface area contributed by atoms with Gasteiger partial charge in [0.2, 0.25) is 0 Å². The average molecular weight is 376 g/mol. The van der Waals surface area contributed by atoms with Crippen LogP contribution in [0.15, 0.2) is 40.9 Å². The van der Waals surface area contributed by atoms with Crippen LogP contribution in [0.2, 0.25) is 0 Å². The predicted octanol–water partition coefficient (Wildman–Crippen LogP) is 5.06. The number of ether oxygens (including phenoxy) is 2. The molecule has 0 aliphatic heterocycles. The number of nitrogens with zero attached hydrogens (tertiary/aromatic N) is 1. The first kappa shape index (κ1) is 17.0. The van der Waals surface area contributed by atoms with Crippen molar-refractivity contribution in [2.45, 2.75) is 6.92 Å². The summed E-state index contributed by atoms with van der Waals surface area (Å²) in [6.07, 6.45) is 1.68. The van der Waals surface area contributed by atoms with Crippen LogP contribution < -0.4 is 9.47 Å². The predicted molar refractivity (Wildman–Crippen MR) is 91.7 cm³/mol. The first-order chi connectivity index (χ1) is 11.1. The van der Waals surface area contributed by atoms with Gasteiger partial charge in [-0.3, -0.25) is 0 Å². The summed E-state index contributed by atoms with van der Waals surface area (Å²) in [7, 11) is 1.55. The van der Waals surface area contributed by atoms with Crippen LogP contribution >= 0.6 is 15.9 Å². The van der Waals surface area contributed by atoms with Gasteiger partial charge >= 0.3 is 0 Å². The van der Waals surface area contributed by atoms with E-state index in [0.717, 1.165) is 10.0 Å². The molecule has 0 aliphatic carbocycles. The maximum absolute atomic E-state index is 13.4. The molecule has 5 heteroatoms. The number of rotatable bonds is 5. The second-order valence-corrected chi connectivity index (χ2v) is 5.49. The maximum atomic E-state index is 13.4. The third kappa shape index (κ3) is 4.11. The lowest BCUT2D eigenvalue weighted by Crippen LogP contribution is -1.96. The Morgan fingerprint density at radius 2 is 2.09 bits per heavy atom. The first-order valence-electron chi connectivity index (χ1n) is 6.97. The van der Waals surface area contributed by atoms with Crippen LogP contribution in [0.25, 0.3) is 11.6 Å². The van der Waals surface area contributed by atoms with Gasteiger partial charge in [0, 0.05) is 4.47 Å². The summed E-state index contributed by atoms with van der Waals surface area (Å²) < 4.78 is 24.9. The number of nitriles is 1. The Labute approximate surface area is 143 Å². The zero-order valence-corrected chi connectivity index (χ0v) is 14.4. The highest BCUT2D eigenvalue weighted by Crippen LogP contribution is 2.35. The number of halogens is 2. The zero-order valence-electron chi connectivity index (χ0n) is 12.8. The summed E-state index contributed by atoms with van der Waals surface area (Å²) in [4.78, 5) is 0. The fraction of sp³-hybridized carbons (Fsp3) is 0.167. The van der Waals surface area contributed by atoms with Crippen LogP contribution in [0.1, 0.15) is 18.1 Å². The summed E-state index contributed by atoms with van der Waals surface area (Å²) in [5, 5.41) is 9.38. The Morgan fingerprint density at radius 1 is 1.30 bits per heavy atom. The van der Waals surface area contributed by atoms with E-state index in [1.165, 1.54) is 12.1 Å². The van der Waals surface area contributed by atoms with Gasteiger partial charge in [0.15, 0.2) is 11.5 Å². The van der Waals surface area contributed by atoms with Crippen LogP contribution in [-0.2, 0) is 0 Å². The molecular formula is C18H15BrFNO2. The van der Waals surface area contributed by atoms with Gasteiger partial charge in [0.25, 0.3) is 0 Å². The van der Waals surface area contributed by atoms with Gasteiger partial charge in [0.05, 0.1) is 25.4 Å². The Balaban J connectivity index is 2.50. The van der Waals surface area contributed by atoms with Crippen LogP contribution in [0.3, 0.4) is 0 Å². The molecule has 2 rings (SSSR count). The number of benzene rings is 2. The zero-order chi connectivity index (χ0) is 16.8. The van der Waals surface area contributed by atoms with Crippen LogP contribution in [0, 0.1) is 17.1 Å². The van der Waals surface area contributed by atoms with Crippen molar-refractivity contribution >= 4 is 27.6 Å². The molecule has 0 saturated heterocycles. The minimum Gasteiger partial charge on any atom is -0.493 e. The van der Waals surface area contributed by atoms with Gasteiger partial charge in [-0.25, -0.2) is 4.39 Å². The third-order valence-corrected chi connectivity index (χ3v) is 3.83. The van der Waals surface area contributed by atoms with E-state index in [2.05, 4.69) is 22.0 Å². The fourth-order valence-corrected chi connectivity index (χ4v) is 2.52. The SMILES string of the molecule is CCOc1cc(Br)c(/C=C(/C#N)c2cccc(F)c2)cc1OC. The smallest absolute Gasteiger partial charge is 0.162 e. The maximum Gasteiger partial charge on any atom is 0.162 e. The van der Waals surface area contributed by atoms with E-state index < -0.39 is 0 Å². The van der Waals surface area contributed by atoms with Gasteiger partial charge < -0.3 is 9.47 Å². The number of hydrogen-bond donors (Lipinski definition) is 0. The molecule has 0 aromatic heterocycles. The van der Waals surface area contributed by atoms with Crippen molar-refractivity contribution in [1.29, 1.82) is 5.26 Å². The molecular weight excluding hydrogens is 361 g/mol. The van der Waals surface area contributed by atoms with Gasteiger partial charge in [-0.05, 0) is 48.4 Å². The molecule has 0 unspecified atom stereocenters. The lowest BCUT2D eigenvalue weighted by molar-refractivity contribution is 0.310.